The van der Waals surface area contributed by atoms with Crippen LogP contribution >= 0.6 is 0 Å². The maximum absolute atomic E-state index is 11.7. The first-order chi connectivity index (χ1) is 9.66. The van der Waals surface area contributed by atoms with E-state index in [1.165, 1.54) is 18.7 Å². The summed E-state index contributed by atoms with van der Waals surface area (Å²) >= 11 is 0. The highest BCUT2D eigenvalue weighted by molar-refractivity contribution is 5.98. The molecule has 0 aliphatic rings. The predicted octanol–water partition coefficient (Wildman–Crippen LogP) is -0.302. The van der Waals surface area contributed by atoms with Gasteiger partial charge in [0.2, 0.25) is 5.91 Å². The maximum atomic E-state index is 11.7. The van der Waals surface area contributed by atoms with Gasteiger partial charge in [0, 0.05) is 12.4 Å². The van der Waals surface area contributed by atoms with E-state index in [-0.39, 0.29) is 30.5 Å². The lowest BCUT2D eigenvalue weighted by molar-refractivity contribution is -0.120. The van der Waals surface area contributed by atoms with Crippen LogP contribution in [0.1, 0.15) is 16.2 Å². The Labute approximate surface area is 114 Å². The lowest BCUT2D eigenvalue weighted by Crippen LogP contribution is -2.37. The zero-order chi connectivity index (χ0) is 14.4. The van der Waals surface area contributed by atoms with Crippen molar-refractivity contribution >= 4 is 17.6 Å². The number of nitrogens with two attached hydrogens (primary N) is 1. The van der Waals surface area contributed by atoms with Crippen LogP contribution in [-0.2, 0) is 11.3 Å². The fraction of sp³-hybridized carbons (Fsp3) is 0.167. The molecule has 0 spiro atoms. The van der Waals surface area contributed by atoms with Crippen LogP contribution < -0.4 is 16.4 Å². The smallest absolute Gasteiger partial charge is 0.274 e. The Balaban J connectivity index is 1.78. The molecule has 0 aromatic carbocycles. The molecule has 104 valence electrons. The molecule has 0 aliphatic carbocycles. The van der Waals surface area contributed by atoms with Gasteiger partial charge in [-0.2, -0.15) is 0 Å². The van der Waals surface area contributed by atoms with E-state index >= 15 is 0 Å². The van der Waals surface area contributed by atoms with E-state index in [4.69, 9.17) is 10.2 Å². The van der Waals surface area contributed by atoms with Crippen molar-refractivity contribution in [2.45, 2.75) is 6.54 Å². The minimum absolute atomic E-state index is 0.00802. The Kier molecular flexibility index (Phi) is 4.28. The van der Waals surface area contributed by atoms with Crippen molar-refractivity contribution in [2.75, 3.05) is 12.3 Å². The number of amides is 2. The summed E-state index contributed by atoms with van der Waals surface area (Å²) in [5.41, 5.74) is 5.50. The van der Waals surface area contributed by atoms with E-state index in [1.54, 1.807) is 12.1 Å². The molecule has 2 heterocycles. The maximum Gasteiger partial charge on any atom is 0.274 e. The second kappa shape index (κ2) is 6.32. The van der Waals surface area contributed by atoms with Gasteiger partial charge in [0.1, 0.15) is 5.76 Å². The number of furan rings is 1. The lowest BCUT2D eigenvalue weighted by atomic mass is 10.3. The van der Waals surface area contributed by atoms with Crippen molar-refractivity contribution in [1.82, 2.24) is 20.6 Å². The van der Waals surface area contributed by atoms with Crippen LogP contribution in [0, 0.1) is 0 Å². The summed E-state index contributed by atoms with van der Waals surface area (Å²) in [7, 11) is 0. The van der Waals surface area contributed by atoms with Gasteiger partial charge in [0.15, 0.2) is 11.5 Å². The Bertz CT molecular complexity index is 597. The summed E-state index contributed by atoms with van der Waals surface area (Å²) < 4.78 is 5.06. The largest absolute Gasteiger partial charge is 0.467 e. The van der Waals surface area contributed by atoms with Crippen molar-refractivity contribution in [2.24, 2.45) is 0 Å². The SMILES string of the molecule is Nc1nccnc1C(=O)NCC(=O)NCc1ccco1. The Morgan fingerprint density at radius 1 is 1.25 bits per heavy atom. The number of anilines is 1. The Morgan fingerprint density at radius 3 is 2.75 bits per heavy atom. The van der Waals surface area contributed by atoms with E-state index in [0.717, 1.165) is 0 Å². The van der Waals surface area contributed by atoms with Gasteiger partial charge in [-0.3, -0.25) is 9.59 Å². The van der Waals surface area contributed by atoms with Crippen molar-refractivity contribution < 1.29 is 14.0 Å². The molecule has 0 atom stereocenters. The average molecular weight is 275 g/mol. The lowest BCUT2D eigenvalue weighted by Gasteiger charge is -2.06. The number of hydrogen-bond donors (Lipinski definition) is 3. The number of aromatic nitrogens is 2. The molecule has 0 unspecified atom stereocenters. The first-order valence-corrected chi connectivity index (χ1v) is 5.80. The van der Waals surface area contributed by atoms with Crippen LogP contribution in [0.3, 0.4) is 0 Å². The van der Waals surface area contributed by atoms with Gasteiger partial charge in [0.25, 0.3) is 5.91 Å². The molecule has 0 radical (unpaired) electrons. The van der Waals surface area contributed by atoms with E-state index < -0.39 is 5.91 Å². The van der Waals surface area contributed by atoms with E-state index in [2.05, 4.69) is 20.6 Å². The minimum Gasteiger partial charge on any atom is -0.467 e. The summed E-state index contributed by atoms with van der Waals surface area (Å²) in [6.07, 6.45) is 4.24. The molecule has 2 amide bonds. The molecule has 8 heteroatoms. The Morgan fingerprint density at radius 2 is 2.05 bits per heavy atom. The Hall–Kier alpha value is -2.90. The molecule has 2 aromatic heterocycles. The number of carbonyl (C=O) groups excluding carboxylic acids is 2. The van der Waals surface area contributed by atoms with Crippen LogP contribution in [0.25, 0.3) is 0 Å². The average Bonchev–Trinajstić information content (AvgIpc) is 2.96. The highest BCUT2D eigenvalue weighted by atomic mass is 16.3. The van der Waals surface area contributed by atoms with Crippen molar-refractivity contribution in [3.8, 4) is 0 Å². The number of nitrogens with one attached hydrogen (secondary N) is 2. The van der Waals surface area contributed by atoms with Gasteiger partial charge in [-0.15, -0.1) is 0 Å². The topological polar surface area (TPSA) is 123 Å². The zero-order valence-electron chi connectivity index (χ0n) is 10.5. The van der Waals surface area contributed by atoms with Gasteiger partial charge < -0.3 is 20.8 Å². The van der Waals surface area contributed by atoms with Crippen LogP contribution in [0.5, 0.6) is 0 Å². The molecule has 2 aromatic rings. The van der Waals surface area contributed by atoms with E-state index in [1.807, 2.05) is 0 Å². The normalized spacial score (nSPS) is 10.0. The van der Waals surface area contributed by atoms with Crippen molar-refractivity contribution in [3.05, 3.63) is 42.2 Å². The predicted molar refractivity (Wildman–Crippen MR) is 69.3 cm³/mol. The third-order valence-corrected chi connectivity index (χ3v) is 2.39. The summed E-state index contributed by atoms with van der Waals surface area (Å²) in [4.78, 5) is 30.8. The fourth-order valence-corrected chi connectivity index (χ4v) is 1.43. The zero-order valence-corrected chi connectivity index (χ0v) is 10.5. The molecular formula is C12H13N5O3. The number of hydrogen-bond acceptors (Lipinski definition) is 6. The van der Waals surface area contributed by atoms with Gasteiger partial charge in [-0.25, -0.2) is 9.97 Å². The molecule has 0 aliphatic heterocycles. The van der Waals surface area contributed by atoms with Crippen molar-refractivity contribution in [1.29, 1.82) is 0 Å². The van der Waals surface area contributed by atoms with Gasteiger partial charge in [0.05, 0.1) is 19.4 Å². The standard InChI is InChI=1S/C12H13N5O3/c13-11-10(14-3-4-15-11)12(19)17-7-9(18)16-6-8-2-1-5-20-8/h1-5H,6-7H2,(H2,13,15)(H,16,18)(H,17,19). The summed E-state index contributed by atoms with van der Waals surface area (Å²) in [5.74, 6) is -0.259. The molecule has 0 fully saturated rings. The number of nitrogen functional groups attached to an aromatic ring is 1. The molecule has 4 N–H and O–H groups in total. The number of nitrogens with zero attached hydrogens (tertiary/aromatic N) is 2. The first-order valence-electron chi connectivity index (χ1n) is 5.80. The summed E-state index contributed by atoms with van der Waals surface area (Å²) in [6, 6.07) is 3.46. The van der Waals surface area contributed by atoms with Crippen molar-refractivity contribution in [3.63, 3.8) is 0 Å². The highest BCUT2D eigenvalue weighted by Crippen LogP contribution is 2.02. The minimum atomic E-state index is -0.552. The number of rotatable bonds is 5. The quantitative estimate of drug-likeness (QED) is 0.688. The molecule has 0 bridgehead atoms. The van der Waals surface area contributed by atoms with Crippen LogP contribution in [0.15, 0.2) is 35.2 Å². The molecular weight excluding hydrogens is 262 g/mol. The fourth-order valence-electron chi connectivity index (χ4n) is 1.43. The van der Waals surface area contributed by atoms with Gasteiger partial charge in [-0.05, 0) is 12.1 Å². The van der Waals surface area contributed by atoms with Gasteiger partial charge in [-0.1, -0.05) is 0 Å². The van der Waals surface area contributed by atoms with Gasteiger partial charge >= 0.3 is 0 Å². The van der Waals surface area contributed by atoms with Crippen LogP contribution in [0.4, 0.5) is 5.82 Å². The second-order valence-corrected chi connectivity index (χ2v) is 3.83. The highest BCUT2D eigenvalue weighted by Gasteiger charge is 2.13. The second-order valence-electron chi connectivity index (χ2n) is 3.83. The van der Waals surface area contributed by atoms with E-state index in [9.17, 15) is 9.59 Å². The third-order valence-electron chi connectivity index (χ3n) is 2.39. The summed E-state index contributed by atoms with van der Waals surface area (Å²) in [5, 5.41) is 5.00. The molecule has 0 saturated heterocycles. The molecule has 0 saturated carbocycles. The summed E-state index contributed by atoms with van der Waals surface area (Å²) in [6.45, 7) is 0.0739. The molecule has 8 nitrogen and oxygen atoms in total. The van der Waals surface area contributed by atoms with Crippen LogP contribution in [0.2, 0.25) is 0 Å². The van der Waals surface area contributed by atoms with Crippen LogP contribution in [-0.4, -0.2) is 28.3 Å². The monoisotopic (exact) mass is 275 g/mol. The molecule has 2 rings (SSSR count). The molecule has 20 heavy (non-hydrogen) atoms. The van der Waals surface area contributed by atoms with E-state index in [0.29, 0.717) is 5.76 Å². The first kappa shape index (κ1) is 13.5. The third kappa shape index (κ3) is 3.55. The number of carbonyl (C=O) groups is 2.